The van der Waals surface area contributed by atoms with Crippen LogP contribution in [0, 0.1) is 5.92 Å². The third-order valence-corrected chi connectivity index (χ3v) is 3.53. The zero-order valence-corrected chi connectivity index (χ0v) is 11.0. The van der Waals surface area contributed by atoms with E-state index in [1.54, 1.807) is 0 Å². The molecule has 1 atom stereocenters. The van der Waals surface area contributed by atoms with E-state index in [0.717, 1.165) is 32.4 Å². The van der Waals surface area contributed by atoms with Gasteiger partial charge in [0.25, 0.3) is 0 Å². The number of amides is 1. The van der Waals surface area contributed by atoms with E-state index in [-0.39, 0.29) is 11.8 Å². The quantitative estimate of drug-likeness (QED) is 0.778. The number of nitrogens with one attached hydrogen (secondary N) is 1. The lowest BCUT2D eigenvalue weighted by atomic mass is 10.0. The Balaban J connectivity index is 2.24. The van der Waals surface area contributed by atoms with Crippen LogP contribution in [-0.4, -0.2) is 36.5 Å². The standard InChI is InChI=1S/C13H26N2O/c1-4-8-15-9-6-12(7-10-15)14-13(16)11(3)5-2/h11-12H,4-10H2,1-3H3,(H,14,16). The maximum absolute atomic E-state index is 11.7. The zero-order chi connectivity index (χ0) is 12.0. The molecule has 3 nitrogen and oxygen atoms in total. The molecule has 94 valence electrons. The lowest BCUT2D eigenvalue weighted by molar-refractivity contribution is -0.125. The van der Waals surface area contributed by atoms with Crippen molar-refractivity contribution in [3.8, 4) is 0 Å². The van der Waals surface area contributed by atoms with E-state index < -0.39 is 0 Å². The summed E-state index contributed by atoms with van der Waals surface area (Å²) in [5.41, 5.74) is 0. The van der Waals surface area contributed by atoms with Crippen molar-refractivity contribution in [3.05, 3.63) is 0 Å². The van der Waals surface area contributed by atoms with Crippen LogP contribution in [0.1, 0.15) is 46.5 Å². The Morgan fingerprint density at radius 3 is 2.50 bits per heavy atom. The van der Waals surface area contributed by atoms with E-state index >= 15 is 0 Å². The van der Waals surface area contributed by atoms with Crippen LogP contribution in [0.15, 0.2) is 0 Å². The van der Waals surface area contributed by atoms with Crippen molar-refractivity contribution in [2.24, 2.45) is 5.92 Å². The van der Waals surface area contributed by atoms with Gasteiger partial charge in [-0.15, -0.1) is 0 Å². The summed E-state index contributed by atoms with van der Waals surface area (Å²) in [7, 11) is 0. The second-order valence-corrected chi connectivity index (χ2v) is 4.93. The topological polar surface area (TPSA) is 32.3 Å². The van der Waals surface area contributed by atoms with Gasteiger partial charge in [-0.2, -0.15) is 0 Å². The molecule has 0 aromatic carbocycles. The van der Waals surface area contributed by atoms with Gasteiger partial charge in [-0.3, -0.25) is 4.79 Å². The Morgan fingerprint density at radius 1 is 1.38 bits per heavy atom. The molecule has 1 unspecified atom stereocenters. The predicted molar refractivity (Wildman–Crippen MR) is 67.4 cm³/mol. The first-order valence-corrected chi connectivity index (χ1v) is 6.70. The summed E-state index contributed by atoms with van der Waals surface area (Å²) in [6.45, 7) is 9.76. The lowest BCUT2D eigenvalue weighted by Crippen LogP contribution is -2.46. The molecule has 1 fully saturated rings. The molecule has 0 radical (unpaired) electrons. The molecule has 1 amide bonds. The van der Waals surface area contributed by atoms with Crippen LogP contribution < -0.4 is 5.32 Å². The Kier molecular flexibility index (Phi) is 5.81. The molecule has 1 saturated heterocycles. The molecule has 1 aliphatic rings. The fourth-order valence-corrected chi connectivity index (χ4v) is 2.15. The summed E-state index contributed by atoms with van der Waals surface area (Å²) in [5.74, 6) is 0.394. The number of likely N-dealkylation sites (tertiary alicyclic amines) is 1. The van der Waals surface area contributed by atoms with Gasteiger partial charge in [0.2, 0.25) is 5.91 Å². The molecule has 0 bridgehead atoms. The Hall–Kier alpha value is -0.570. The van der Waals surface area contributed by atoms with Gasteiger partial charge in [0.1, 0.15) is 0 Å². The predicted octanol–water partition coefficient (Wildman–Crippen LogP) is 2.02. The fourth-order valence-electron chi connectivity index (χ4n) is 2.15. The van der Waals surface area contributed by atoms with E-state index in [4.69, 9.17) is 0 Å². The summed E-state index contributed by atoms with van der Waals surface area (Å²) in [6.07, 6.45) is 4.38. The number of carbonyl (C=O) groups is 1. The second-order valence-electron chi connectivity index (χ2n) is 4.93. The molecule has 0 aliphatic carbocycles. The summed E-state index contributed by atoms with van der Waals surface area (Å²) in [4.78, 5) is 14.2. The summed E-state index contributed by atoms with van der Waals surface area (Å²) < 4.78 is 0. The first-order valence-electron chi connectivity index (χ1n) is 6.70. The van der Waals surface area contributed by atoms with E-state index in [0.29, 0.717) is 6.04 Å². The molecule has 0 aromatic heterocycles. The van der Waals surface area contributed by atoms with Crippen LogP contribution in [0.5, 0.6) is 0 Å². The van der Waals surface area contributed by atoms with Gasteiger partial charge in [0, 0.05) is 25.0 Å². The van der Waals surface area contributed by atoms with E-state index in [1.165, 1.54) is 13.0 Å². The Labute approximate surface area is 99.6 Å². The van der Waals surface area contributed by atoms with Crippen molar-refractivity contribution in [2.45, 2.75) is 52.5 Å². The van der Waals surface area contributed by atoms with Crippen molar-refractivity contribution in [2.75, 3.05) is 19.6 Å². The second kappa shape index (κ2) is 6.89. The first kappa shape index (κ1) is 13.5. The molecule has 16 heavy (non-hydrogen) atoms. The molecular weight excluding hydrogens is 200 g/mol. The van der Waals surface area contributed by atoms with Crippen molar-refractivity contribution in [3.63, 3.8) is 0 Å². The lowest BCUT2D eigenvalue weighted by Gasteiger charge is -2.32. The SMILES string of the molecule is CCCN1CCC(NC(=O)C(C)CC)CC1. The van der Waals surface area contributed by atoms with Gasteiger partial charge in [-0.1, -0.05) is 20.8 Å². The van der Waals surface area contributed by atoms with Crippen LogP contribution in [-0.2, 0) is 4.79 Å². The van der Waals surface area contributed by atoms with E-state index in [1.807, 2.05) is 6.92 Å². The van der Waals surface area contributed by atoms with Gasteiger partial charge in [-0.25, -0.2) is 0 Å². The van der Waals surface area contributed by atoms with E-state index in [9.17, 15) is 4.79 Å². The highest BCUT2D eigenvalue weighted by atomic mass is 16.1. The fraction of sp³-hybridized carbons (Fsp3) is 0.923. The maximum Gasteiger partial charge on any atom is 0.223 e. The van der Waals surface area contributed by atoms with Gasteiger partial charge in [0.05, 0.1) is 0 Å². The Bertz CT molecular complexity index is 210. The third kappa shape index (κ3) is 4.12. The normalized spacial score (nSPS) is 20.7. The summed E-state index contributed by atoms with van der Waals surface area (Å²) >= 11 is 0. The van der Waals surface area contributed by atoms with Crippen molar-refractivity contribution in [1.29, 1.82) is 0 Å². The molecule has 0 saturated carbocycles. The van der Waals surface area contributed by atoms with Crippen LogP contribution >= 0.6 is 0 Å². The number of rotatable bonds is 5. The largest absolute Gasteiger partial charge is 0.353 e. The molecule has 0 aromatic rings. The number of nitrogens with zero attached hydrogens (tertiary/aromatic N) is 1. The van der Waals surface area contributed by atoms with Crippen LogP contribution in [0.4, 0.5) is 0 Å². The van der Waals surface area contributed by atoms with Crippen LogP contribution in [0.3, 0.4) is 0 Å². The Morgan fingerprint density at radius 2 is 2.00 bits per heavy atom. The van der Waals surface area contributed by atoms with Gasteiger partial charge < -0.3 is 10.2 Å². The number of piperidine rings is 1. The minimum absolute atomic E-state index is 0.161. The minimum Gasteiger partial charge on any atom is -0.353 e. The van der Waals surface area contributed by atoms with Gasteiger partial charge in [-0.05, 0) is 32.2 Å². The van der Waals surface area contributed by atoms with Crippen LogP contribution in [0.2, 0.25) is 0 Å². The molecule has 1 heterocycles. The summed E-state index contributed by atoms with van der Waals surface area (Å²) in [6, 6.07) is 0.412. The molecule has 1 rings (SSSR count). The van der Waals surface area contributed by atoms with Gasteiger partial charge in [0.15, 0.2) is 0 Å². The molecule has 1 N–H and O–H groups in total. The zero-order valence-electron chi connectivity index (χ0n) is 11.0. The van der Waals surface area contributed by atoms with Gasteiger partial charge >= 0.3 is 0 Å². The highest BCUT2D eigenvalue weighted by Crippen LogP contribution is 2.11. The van der Waals surface area contributed by atoms with E-state index in [2.05, 4.69) is 24.1 Å². The molecule has 0 spiro atoms. The number of hydrogen-bond acceptors (Lipinski definition) is 2. The number of hydrogen-bond donors (Lipinski definition) is 1. The first-order chi connectivity index (χ1) is 7.67. The van der Waals surface area contributed by atoms with Crippen molar-refractivity contribution < 1.29 is 4.79 Å². The summed E-state index contributed by atoms with van der Waals surface area (Å²) in [5, 5.41) is 3.17. The van der Waals surface area contributed by atoms with Crippen LogP contribution in [0.25, 0.3) is 0 Å². The van der Waals surface area contributed by atoms with Crippen molar-refractivity contribution in [1.82, 2.24) is 10.2 Å². The number of carbonyl (C=O) groups excluding carboxylic acids is 1. The maximum atomic E-state index is 11.7. The molecule has 3 heteroatoms. The van der Waals surface area contributed by atoms with Crippen molar-refractivity contribution >= 4 is 5.91 Å². The highest BCUT2D eigenvalue weighted by molar-refractivity contribution is 5.78. The smallest absolute Gasteiger partial charge is 0.223 e. The molecule has 1 aliphatic heterocycles. The third-order valence-electron chi connectivity index (χ3n) is 3.53. The average Bonchev–Trinajstić information content (AvgIpc) is 2.31. The molecular formula is C13H26N2O. The highest BCUT2D eigenvalue weighted by Gasteiger charge is 2.21. The monoisotopic (exact) mass is 226 g/mol. The average molecular weight is 226 g/mol. The minimum atomic E-state index is 0.161.